The maximum Gasteiger partial charge on any atom is 0.139 e. The summed E-state index contributed by atoms with van der Waals surface area (Å²) in [5.41, 5.74) is 3.09. The number of carbonyl (C=O) groups excluding carboxylic acids is 1. The van der Waals surface area contributed by atoms with Crippen molar-refractivity contribution in [2.24, 2.45) is 18.9 Å². The molecule has 1 unspecified atom stereocenters. The third-order valence-corrected chi connectivity index (χ3v) is 5.70. The van der Waals surface area contributed by atoms with Crippen molar-refractivity contribution in [2.75, 3.05) is 19.6 Å². The molecule has 2 aromatic heterocycles. The normalized spacial score (nSPS) is 17.4. The topological polar surface area (TPSA) is 51.0 Å². The molecule has 5 heteroatoms. The first-order chi connectivity index (χ1) is 14.0. The van der Waals surface area contributed by atoms with Crippen molar-refractivity contribution < 1.29 is 4.79 Å². The van der Waals surface area contributed by atoms with Crippen molar-refractivity contribution >= 4 is 16.6 Å². The van der Waals surface area contributed by atoms with Crippen LogP contribution in [0.5, 0.6) is 0 Å². The Morgan fingerprint density at radius 2 is 2.03 bits per heavy atom. The fourth-order valence-corrected chi connectivity index (χ4v) is 4.39. The molecule has 0 radical (unpaired) electrons. The molecule has 0 spiro atoms. The van der Waals surface area contributed by atoms with Crippen LogP contribution in [-0.4, -0.2) is 45.1 Å². The van der Waals surface area contributed by atoms with Gasteiger partial charge in [0.25, 0.3) is 0 Å². The molecule has 0 amide bonds. The Labute approximate surface area is 172 Å². The number of nitrogens with zero attached hydrogens (tertiary/aromatic N) is 4. The molecule has 1 aliphatic rings. The van der Waals surface area contributed by atoms with Gasteiger partial charge in [0, 0.05) is 62.0 Å². The molecule has 0 bridgehead atoms. The molecule has 152 valence electrons. The summed E-state index contributed by atoms with van der Waals surface area (Å²) in [5.74, 6) is 1.48. The van der Waals surface area contributed by atoms with E-state index in [4.69, 9.17) is 0 Å². The average molecular weight is 391 g/mol. The third-order valence-electron chi connectivity index (χ3n) is 5.70. The summed E-state index contributed by atoms with van der Waals surface area (Å²) < 4.78 is 1.81. The van der Waals surface area contributed by atoms with Crippen molar-refractivity contribution in [3.05, 3.63) is 48.5 Å². The molecule has 29 heavy (non-hydrogen) atoms. The van der Waals surface area contributed by atoms with Crippen LogP contribution in [0.15, 0.2) is 42.9 Å². The summed E-state index contributed by atoms with van der Waals surface area (Å²) in [6, 6.07) is 8.39. The highest BCUT2D eigenvalue weighted by atomic mass is 16.1. The minimum Gasteiger partial charge on any atom is -0.303 e. The number of pyridine rings is 1. The van der Waals surface area contributed by atoms with Crippen LogP contribution in [-0.2, 0) is 18.3 Å². The van der Waals surface area contributed by atoms with Crippen molar-refractivity contribution in [3.8, 4) is 11.1 Å². The van der Waals surface area contributed by atoms with Gasteiger partial charge in [-0.1, -0.05) is 26.0 Å². The van der Waals surface area contributed by atoms with Crippen LogP contribution in [0.4, 0.5) is 0 Å². The van der Waals surface area contributed by atoms with E-state index >= 15 is 0 Å². The number of hydrogen-bond acceptors (Lipinski definition) is 4. The van der Waals surface area contributed by atoms with E-state index in [9.17, 15) is 4.79 Å². The van der Waals surface area contributed by atoms with Gasteiger partial charge in [-0.2, -0.15) is 5.10 Å². The zero-order valence-electron chi connectivity index (χ0n) is 17.6. The number of aryl methyl sites for hydroxylation is 1. The highest BCUT2D eigenvalue weighted by molar-refractivity contribution is 5.88. The van der Waals surface area contributed by atoms with Gasteiger partial charge in [-0.3, -0.25) is 14.5 Å². The van der Waals surface area contributed by atoms with Gasteiger partial charge in [0.1, 0.15) is 5.78 Å². The van der Waals surface area contributed by atoms with Crippen LogP contribution in [0.3, 0.4) is 0 Å². The molecule has 1 aliphatic heterocycles. The second-order valence-corrected chi connectivity index (χ2v) is 8.87. The number of likely N-dealkylation sites (tertiary alicyclic amines) is 1. The lowest BCUT2D eigenvalue weighted by molar-refractivity contribution is -0.119. The summed E-state index contributed by atoms with van der Waals surface area (Å²) in [6.07, 6.45) is 7.99. The van der Waals surface area contributed by atoms with Gasteiger partial charge in [0.2, 0.25) is 0 Å². The van der Waals surface area contributed by atoms with E-state index in [2.05, 4.69) is 53.1 Å². The molecule has 0 aliphatic carbocycles. The second-order valence-electron chi connectivity index (χ2n) is 8.87. The molecule has 4 rings (SSSR count). The largest absolute Gasteiger partial charge is 0.303 e. The van der Waals surface area contributed by atoms with E-state index in [1.54, 1.807) is 0 Å². The van der Waals surface area contributed by atoms with Crippen molar-refractivity contribution in [1.29, 1.82) is 0 Å². The monoisotopic (exact) mass is 390 g/mol. The SMILES string of the molecule is CC(C)CN1CCC(CC(=O)Cc2cc3cc(-c4cnn(C)c4)ccc3cn2)C1. The molecule has 3 heterocycles. The fourth-order valence-electron chi connectivity index (χ4n) is 4.39. The number of aromatic nitrogens is 3. The highest BCUT2D eigenvalue weighted by Crippen LogP contribution is 2.25. The van der Waals surface area contributed by atoms with E-state index in [0.29, 0.717) is 30.5 Å². The minimum absolute atomic E-state index is 0.302. The van der Waals surface area contributed by atoms with Crippen molar-refractivity contribution in [3.63, 3.8) is 0 Å². The maximum atomic E-state index is 12.7. The van der Waals surface area contributed by atoms with Gasteiger partial charge >= 0.3 is 0 Å². The van der Waals surface area contributed by atoms with Crippen LogP contribution in [0.25, 0.3) is 21.9 Å². The minimum atomic E-state index is 0.302. The summed E-state index contributed by atoms with van der Waals surface area (Å²) in [4.78, 5) is 19.7. The Morgan fingerprint density at radius 3 is 2.79 bits per heavy atom. The molecule has 1 aromatic carbocycles. The predicted octanol–water partition coefficient (Wildman–Crippen LogP) is 4.11. The smallest absolute Gasteiger partial charge is 0.139 e. The molecule has 1 fully saturated rings. The summed E-state index contributed by atoms with van der Waals surface area (Å²) in [7, 11) is 1.92. The Kier molecular flexibility index (Phi) is 5.76. The lowest BCUT2D eigenvalue weighted by Crippen LogP contribution is -2.25. The summed E-state index contributed by atoms with van der Waals surface area (Å²) in [6.45, 7) is 7.83. The van der Waals surface area contributed by atoms with Crippen molar-refractivity contribution in [1.82, 2.24) is 19.7 Å². The predicted molar refractivity (Wildman–Crippen MR) is 117 cm³/mol. The van der Waals surface area contributed by atoms with Crippen molar-refractivity contribution in [2.45, 2.75) is 33.1 Å². The number of benzene rings is 1. The zero-order valence-corrected chi connectivity index (χ0v) is 17.6. The number of rotatable bonds is 7. The van der Waals surface area contributed by atoms with Crippen LogP contribution in [0, 0.1) is 11.8 Å². The maximum absolute atomic E-state index is 12.7. The molecular weight excluding hydrogens is 360 g/mol. The summed E-state index contributed by atoms with van der Waals surface area (Å²) in [5, 5.41) is 6.47. The number of Topliss-reactive ketones (excluding diaryl/α,β-unsaturated/α-hetero) is 1. The van der Waals surface area contributed by atoms with Gasteiger partial charge in [-0.25, -0.2) is 0 Å². The standard InChI is InChI=1S/C24H30N4O/c1-17(2)14-28-7-6-18(15-28)8-24(29)11-23-10-21-9-19(4-5-20(21)12-25-23)22-13-26-27(3)16-22/h4-5,9-10,12-13,16-18H,6-8,11,14-15H2,1-3H3. The van der Waals surface area contributed by atoms with Gasteiger partial charge in [-0.15, -0.1) is 0 Å². The van der Waals surface area contributed by atoms with Crippen LogP contribution in [0.2, 0.25) is 0 Å². The molecular formula is C24H30N4O. The quantitative estimate of drug-likeness (QED) is 0.609. The molecule has 1 saturated heterocycles. The van der Waals surface area contributed by atoms with E-state index in [1.807, 2.05) is 30.3 Å². The molecule has 0 saturated carbocycles. The molecule has 0 N–H and O–H groups in total. The lowest BCUT2D eigenvalue weighted by Gasteiger charge is -2.18. The Hall–Kier alpha value is -2.53. The Morgan fingerprint density at radius 1 is 1.17 bits per heavy atom. The van der Waals surface area contributed by atoms with E-state index in [0.717, 1.165) is 53.6 Å². The molecule has 1 atom stereocenters. The van der Waals surface area contributed by atoms with Crippen LogP contribution < -0.4 is 0 Å². The van der Waals surface area contributed by atoms with E-state index in [-0.39, 0.29) is 0 Å². The van der Waals surface area contributed by atoms with Gasteiger partial charge in [0.15, 0.2) is 0 Å². The zero-order chi connectivity index (χ0) is 20.4. The Balaban J connectivity index is 1.42. The van der Waals surface area contributed by atoms with Crippen LogP contribution in [0.1, 0.15) is 32.4 Å². The first-order valence-corrected chi connectivity index (χ1v) is 10.6. The van der Waals surface area contributed by atoms with Crippen LogP contribution >= 0.6 is 0 Å². The van der Waals surface area contributed by atoms with E-state index < -0.39 is 0 Å². The third kappa shape index (κ3) is 4.91. The number of fused-ring (bicyclic) bond motifs is 1. The Bertz CT molecular complexity index is 1010. The highest BCUT2D eigenvalue weighted by Gasteiger charge is 2.24. The number of ketones is 1. The molecule has 3 aromatic rings. The van der Waals surface area contributed by atoms with E-state index in [1.165, 1.54) is 0 Å². The summed E-state index contributed by atoms with van der Waals surface area (Å²) >= 11 is 0. The lowest BCUT2D eigenvalue weighted by atomic mass is 9.98. The number of hydrogen-bond donors (Lipinski definition) is 0. The number of carbonyl (C=O) groups is 1. The fraction of sp³-hybridized carbons (Fsp3) is 0.458. The van der Waals surface area contributed by atoms with Gasteiger partial charge in [0.05, 0.1) is 6.20 Å². The average Bonchev–Trinajstić information content (AvgIpc) is 3.29. The second kappa shape index (κ2) is 8.46. The van der Waals surface area contributed by atoms with Gasteiger partial charge in [-0.05, 0) is 47.9 Å². The first-order valence-electron chi connectivity index (χ1n) is 10.6. The first kappa shape index (κ1) is 19.8. The molecule has 5 nitrogen and oxygen atoms in total. The van der Waals surface area contributed by atoms with Gasteiger partial charge < -0.3 is 4.90 Å².